The predicted octanol–water partition coefficient (Wildman–Crippen LogP) is -1.04. The summed E-state index contributed by atoms with van der Waals surface area (Å²) < 4.78 is 0. The van der Waals surface area contributed by atoms with Crippen LogP contribution in [0.2, 0.25) is 0 Å². The third-order valence-electron chi connectivity index (χ3n) is 3.16. The van der Waals surface area contributed by atoms with Crippen molar-refractivity contribution in [2.24, 2.45) is 0 Å². The van der Waals surface area contributed by atoms with Crippen LogP contribution < -0.4 is 10.6 Å². The first kappa shape index (κ1) is 13.4. The lowest BCUT2D eigenvalue weighted by Gasteiger charge is -2.33. The lowest BCUT2D eigenvalue weighted by molar-refractivity contribution is -0.149. The monoisotopic (exact) mass is 271 g/mol. The van der Waals surface area contributed by atoms with Gasteiger partial charge in [-0.25, -0.2) is 0 Å². The van der Waals surface area contributed by atoms with E-state index in [1.54, 1.807) is 6.92 Å². The molecule has 2 aliphatic rings. The van der Waals surface area contributed by atoms with Crippen LogP contribution in [0.25, 0.3) is 0 Å². The van der Waals surface area contributed by atoms with Crippen LogP contribution in [-0.2, 0) is 14.4 Å². The molecular formula is C11H17N3O3S. The predicted molar refractivity (Wildman–Crippen MR) is 68.1 cm³/mol. The Morgan fingerprint density at radius 3 is 2.94 bits per heavy atom. The summed E-state index contributed by atoms with van der Waals surface area (Å²) in [7, 11) is 0. The number of imide groups is 1. The highest BCUT2D eigenvalue weighted by Gasteiger charge is 2.34. The topological polar surface area (TPSA) is 78.5 Å². The molecule has 7 heteroatoms. The van der Waals surface area contributed by atoms with Crippen LogP contribution in [0.4, 0.5) is 0 Å². The van der Waals surface area contributed by atoms with Gasteiger partial charge in [-0.05, 0) is 6.92 Å². The molecule has 2 heterocycles. The largest absolute Gasteiger partial charge is 0.322 e. The number of carbonyl (C=O) groups is 3. The van der Waals surface area contributed by atoms with Crippen molar-refractivity contribution in [3.63, 3.8) is 0 Å². The third-order valence-corrected chi connectivity index (χ3v) is 4.29. The highest BCUT2D eigenvalue weighted by molar-refractivity contribution is 7.99. The number of hydrogen-bond acceptors (Lipinski definition) is 5. The molecule has 2 aliphatic heterocycles. The fourth-order valence-corrected chi connectivity index (χ4v) is 3.05. The maximum Gasteiger partial charge on any atom is 0.249 e. The second-order valence-corrected chi connectivity index (χ2v) is 5.69. The van der Waals surface area contributed by atoms with Crippen LogP contribution in [0.3, 0.4) is 0 Å². The van der Waals surface area contributed by atoms with Crippen molar-refractivity contribution in [2.75, 3.05) is 24.6 Å². The number of thioether (sulfide) groups is 1. The standard InChI is InChI=1S/C11H17N3O3S/c1-7-11(17)13-9(15)5-14(7)10(16)4-8-6-18-3-2-12-8/h7-8,12H,2-6H2,1H3,(H,13,15,17). The van der Waals surface area contributed by atoms with E-state index in [0.717, 1.165) is 18.1 Å². The van der Waals surface area contributed by atoms with Gasteiger partial charge in [-0.15, -0.1) is 0 Å². The summed E-state index contributed by atoms with van der Waals surface area (Å²) in [5, 5.41) is 5.50. The fraction of sp³-hybridized carbons (Fsp3) is 0.727. The Balaban J connectivity index is 1.94. The molecule has 2 saturated heterocycles. The lowest BCUT2D eigenvalue weighted by atomic mass is 10.1. The number of carbonyl (C=O) groups excluding carboxylic acids is 3. The van der Waals surface area contributed by atoms with Crippen LogP contribution in [0, 0.1) is 0 Å². The van der Waals surface area contributed by atoms with Crippen LogP contribution in [0.15, 0.2) is 0 Å². The van der Waals surface area contributed by atoms with Gasteiger partial charge in [0.05, 0.1) is 0 Å². The zero-order chi connectivity index (χ0) is 13.1. The third kappa shape index (κ3) is 3.02. The number of piperazine rings is 1. The molecule has 0 aliphatic carbocycles. The summed E-state index contributed by atoms with van der Waals surface area (Å²) in [6.45, 7) is 2.52. The van der Waals surface area contributed by atoms with Gasteiger partial charge in [-0.1, -0.05) is 0 Å². The van der Waals surface area contributed by atoms with Crippen molar-refractivity contribution in [1.29, 1.82) is 0 Å². The molecule has 0 aromatic heterocycles. The van der Waals surface area contributed by atoms with E-state index >= 15 is 0 Å². The van der Waals surface area contributed by atoms with E-state index in [9.17, 15) is 14.4 Å². The molecule has 0 aromatic carbocycles. The molecule has 2 atom stereocenters. The summed E-state index contributed by atoms with van der Waals surface area (Å²) in [6.07, 6.45) is 0.345. The maximum atomic E-state index is 12.1. The second-order valence-electron chi connectivity index (χ2n) is 4.54. The Morgan fingerprint density at radius 1 is 1.50 bits per heavy atom. The van der Waals surface area contributed by atoms with Crippen molar-refractivity contribution in [3.05, 3.63) is 0 Å². The van der Waals surface area contributed by atoms with Gasteiger partial charge in [0, 0.05) is 30.5 Å². The molecule has 2 N–H and O–H groups in total. The van der Waals surface area contributed by atoms with Crippen LogP contribution in [-0.4, -0.2) is 59.3 Å². The van der Waals surface area contributed by atoms with Crippen molar-refractivity contribution < 1.29 is 14.4 Å². The summed E-state index contributed by atoms with van der Waals surface area (Å²) in [5.41, 5.74) is 0. The van der Waals surface area contributed by atoms with E-state index in [4.69, 9.17) is 0 Å². The Morgan fingerprint density at radius 2 is 2.28 bits per heavy atom. The minimum Gasteiger partial charge on any atom is -0.322 e. The van der Waals surface area contributed by atoms with E-state index in [1.807, 2.05) is 11.8 Å². The highest BCUT2D eigenvalue weighted by atomic mass is 32.2. The second kappa shape index (κ2) is 5.71. The number of nitrogens with one attached hydrogen (secondary N) is 2. The van der Waals surface area contributed by atoms with Gasteiger partial charge in [0.2, 0.25) is 17.7 Å². The molecule has 2 fully saturated rings. The molecule has 0 spiro atoms. The summed E-state index contributed by atoms with van der Waals surface area (Å²) in [6, 6.07) is -0.421. The van der Waals surface area contributed by atoms with Gasteiger partial charge < -0.3 is 10.2 Å². The summed E-state index contributed by atoms with van der Waals surface area (Å²) >= 11 is 1.81. The quantitative estimate of drug-likeness (QED) is 0.627. The molecule has 0 saturated carbocycles. The normalized spacial score (nSPS) is 29.1. The van der Waals surface area contributed by atoms with E-state index < -0.39 is 17.9 Å². The average Bonchev–Trinajstić information content (AvgIpc) is 2.35. The minimum absolute atomic E-state index is 0.0222. The Labute approximate surface area is 110 Å². The molecule has 0 radical (unpaired) electrons. The zero-order valence-electron chi connectivity index (χ0n) is 10.3. The van der Waals surface area contributed by atoms with Crippen LogP contribution >= 0.6 is 11.8 Å². The number of amides is 3. The summed E-state index contributed by atoms with van der Waals surface area (Å²) in [5.74, 6) is 1.02. The zero-order valence-corrected chi connectivity index (χ0v) is 11.1. The number of rotatable bonds is 2. The van der Waals surface area contributed by atoms with Gasteiger partial charge in [0.1, 0.15) is 12.6 Å². The molecule has 2 unspecified atom stereocenters. The van der Waals surface area contributed by atoms with Gasteiger partial charge in [0.15, 0.2) is 0 Å². The molecule has 18 heavy (non-hydrogen) atoms. The van der Waals surface area contributed by atoms with E-state index in [1.165, 1.54) is 4.90 Å². The Hall–Kier alpha value is -1.08. The SMILES string of the molecule is CC1C(=O)NC(=O)CN1C(=O)CC1CSCCN1. The van der Waals surface area contributed by atoms with Crippen molar-refractivity contribution in [3.8, 4) is 0 Å². The average molecular weight is 271 g/mol. The number of hydrogen-bond donors (Lipinski definition) is 2. The van der Waals surface area contributed by atoms with Gasteiger partial charge in [-0.3, -0.25) is 19.7 Å². The van der Waals surface area contributed by atoms with E-state index in [0.29, 0.717) is 6.42 Å². The molecule has 2 rings (SSSR count). The van der Waals surface area contributed by atoms with E-state index in [-0.39, 0.29) is 18.5 Å². The Kier molecular flexibility index (Phi) is 4.23. The molecule has 100 valence electrons. The lowest BCUT2D eigenvalue weighted by Crippen LogP contribution is -2.59. The molecule has 6 nitrogen and oxygen atoms in total. The maximum absolute atomic E-state index is 12.1. The first-order chi connectivity index (χ1) is 8.58. The first-order valence-corrected chi connectivity index (χ1v) is 7.17. The van der Waals surface area contributed by atoms with Crippen molar-refractivity contribution in [2.45, 2.75) is 25.4 Å². The summed E-state index contributed by atoms with van der Waals surface area (Å²) in [4.78, 5) is 36.2. The fourth-order valence-electron chi connectivity index (χ4n) is 2.10. The molecule has 0 aromatic rings. The minimum atomic E-state index is -0.563. The van der Waals surface area contributed by atoms with Crippen LogP contribution in [0.5, 0.6) is 0 Å². The first-order valence-electron chi connectivity index (χ1n) is 6.02. The highest BCUT2D eigenvalue weighted by Crippen LogP contribution is 2.13. The van der Waals surface area contributed by atoms with Crippen molar-refractivity contribution in [1.82, 2.24) is 15.5 Å². The van der Waals surface area contributed by atoms with E-state index in [2.05, 4.69) is 10.6 Å². The molecule has 0 bridgehead atoms. The van der Waals surface area contributed by atoms with Crippen LogP contribution in [0.1, 0.15) is 13.3 Å². The van der Waals surface area contributed by atoms with Gasteiger partial charge >= 0.3 is 0 Å². The smallest absolute Gasteiger partial charge is 0.249 e. The Bertz CT molecular complexity index is 369. The van der Waals surface area contributed by atoms with Crippen molar-refractivity contribution >= 4 is 29.5 Å². The molecular weight excluding hydrogens is 254 g/mol. The molecule has 3 amide bonds. The van der Waals surface area contributed by atoms with Gasteiger partial charge in [-0.2, -0.15) is 11.8 Å². The number of nitrogens with zero attached hydrogens (tertiary/aromatic N) is 1. The van der Waals surface area contributed by atoms with Gasteiger partial charge in [0.25, 0.3) is 0 Å².